The van der Waals surface area contributed by atoms with Gasteiger partial charge in [-0.3, -0.25) is 9.69 Å². The lowest BCUT2D eigenvalue weighted by Gasteiger charge is -2.35. The fraction of sp³-hybridized carbons (Fsp3) is 0.391. The number of rotatable bonds is 7. The molecule has 0 saturated carbocycles. The molecule has 1 amide bonds. The molecular formula is C23H27N3O2. The zero-order valence-electron chi connectivity index (χ0n) is 16.1. The Morgan fingerprint density at radius 1 is 1.11 bits per heavy atom. The molecule has 0 spiro atoms. The van der Waals surface area contributed by atoms with E-state index in [1.807, 2.05) is 60.7 Å². The maximum atomic E-state index is 12.9. The van der Waals surface area contributed by atoms with Crippen LogP contribution in [0.3, 0.4) is 0 Å². The summed E-state index contributed by atoms with van der Waals surface area (Å²) in [5, 5.41) is 19.5. The minimum absolute atomic E-state index is 0.0171. The van der Waals surface area contributed by atoms with Gasteiger partial charge in [0.1, 0.15) is 0 Å². The first-order valence-electron chi connectivity index (χ1n) is 9.87. The van der Waals surface area contributed by atoms with E-state index in [4.69, 9.17) is 5.26 Å². The van der Waals surface area contributed by atoms with E-state index in [1.54, 1.807) is 4.90 Å². The van der Waals surface area contributed by atoms with Crippen molar-refractivity contribution < 1.29 is 9.90 Å². The van der Waals surface area contributed by atoms with Gasteiger partial charge in [0.25, 0.3) is 0 Å². The summed E-state index contributed by atoms with van der Waals surface area (Å²) in [4.78, 5) is 16.7. The van der Waals surface area contributed by atoms with E-state index in [2.05, 4.69) is 11.0 Å². The quantitative estimate of drug-likeness (QED) is 0.803. The zero-order chi connectivity index (χ0) is 19.8. The van der Waals surface area contributed by atoms with Gasteiger partial charge in [-0.2, -0.15) is 5.26 Å². The molecule has 0 aliphatic carbocycles. The third-order valence-corrected chi connectivity index (χ3v) is 5.39. The largest absolute Gasteiger partial charge is 0.388 e. The number of nitrogens with zero attached hydrogens (tertiary/aromatic N) is 3. The Morgan fingerprint density at radius 3 is 2.32 bits per heavy atom. The van der Waals surface area contributed by atoms with Crippen LogP contribution in [0.5, 0.6) is 0 Å². The predicted octanol–water partition coefficient (Wildman–Crippen LogP) is 3.38. The molecule has 1 atom stereocenters. The molecule has 1 aliphatic heterocycles. The second kappa shape index (κ2) is 10.0. The van der Waals surface area contributed by atoms with Gasteiger partial charge in [0.05, 0.1) is 25.1 Å². The molecule has 1 saturated heterocycles. The van der Waals surface area contributed by atoms with E-state index in [1.165, 1.54) is 0 Å². The lowest BCUT2D eigenvalue weighted by Crippen LogP contribution is -2.44. The van der Waals surface area contributed by atoms with Crippen LogP contribution in [0.1, 0.15) is 30.9 Å². The maximum absolute atomic E-state index is 12.9. The van der Waals surface area contributed by atoms with Crippen molar-refractivity contribution >= 4 is 11.6 Å². The van der Waals surface area contributed by atoms with Crippen LogP contribution in [0, 0.1) is 17.2 Å². The van der Waals surface area contributed by atoms with Crippen molar-refractivity contribution in [3.63, 3.8) is 0 Å². The highest BCUT2D eigenvalue weighted by molar-refractivity contribution is 5.94. The van der Waals surface area contributed by atoms with Crippen molar-refractivity contribution in [1.29, 1.82) is 5.26 Å². The van der Waals surface area contributed by atoms with Crippen LogP contribution in [0.25, 0.3) is 0 Å². The average molecular weight is 377 g/mol. The van der Waals surface area contributed by atoms with Crippen molar-refractivity contribution in [2.24, 2.45) is 5.92 Å². The van der Waals surface area contributed by atoms with Crippen LogP contribution in [0.4, 0.5) is 5.69 Å². The lowest BCUT2D eigenvalue weighted by molar-refractivity contribution is -0.120. The number of hydrogen-bond donors (Lipinski definition) is 1. The molecule has 1 N–H and O–H groups in total. The molecule has 0 radical (unpaired) electrons. The monoisotopic (exact) mass is 377 g/mol. The van der Waals surface area contributed by atoms with E-state index < -0.39 is 6.10 Å². The fourth-order valence-electron chi connectivity index (χ4n) is 3.79. The van der Waals surface area contributed by atoms with Crippen molar-refractivity contribution in [2.45, 2.75) is 25.4 Å². The number of benzene rings is 2. The molecular weight excluding hydrogens is 350 g/mol. The Hall–Kier alpha value is -2.68. The highest BCUT2D eigenvalue weighted by atomic mass is 16.3. The number of likely N-dealkylation sites (tertiary alicyclic amines) is 1. The van der Waals surface area contributed by atoms with Gasteiger partial charge in [0, 0.05) is 12.2 Å². The summed E-state index contributed by atoms with van der Waals surface area (Å²) < 4.78 is 0. The molecule has 5 nitrogen and oxygen atoms in total. The van der Waals surface area contributed by atoms with Crippen LogP contribution in [0.15, 0.2) is 60.7 Å². The number of nitriles is 1. The molecule has 0 bridgehead atoms. The van der Waals surface area contributed by atoms with Gasteiger partial charge >= 0.3 is 0 Å². The third-order valence-electron chi connectivity index (χ3n) is 5.39. The normalized spacial score (nSPS) is 16.3. The average Bonchev–Trinajstić information content (AvgIpc) is 2.75. The van der Waals surface area contributed by atoms with Gasteiger partial charge in [-0.05, 0) is 49.5 Å². The summed E-state index contributed by atoms with van der Waals surface area (Å²) in [6.45, 7) is 2.33. The number of hydrogen-bond acceptors (Lipinski definition) is 4. The second-order valence-electron chi connectivity index (χ2n) is 7.26. The molecule has 3 rings (SSSR count). The summed E-state index contributed by atoms with van der Waals surface area (Å²) in [5.41, 5.74) is 1.79. The predicted molar refractivity (Wildman–Crippen MR) is 110 cm³/mol. The SMILES string of the molecule is N#CCCN(C(=O)CN1CCC(C(O)c2ccccc2)CC1)c1ccccc1. The highest BCUT2D eigenvalue weighted by Gasteiger charge is 2.28. The van der Waals surface area contributed by atoms with Gasteiger partial charge in [0.2, 0.25) is 5.91 Å². The minimum Gasteiger partial charge on any atom is -0.388 e. The Morgan fingerprint density at radius 2 is 1.71 bits per heavy atom. The van der Waals surface area contributed by atoms with E-state index in [9.17, 15) is 9.90 Å². The van der Waals surface area contributed by atoms with Gasteiger partial charge in [0.15, 0.2) is 0 Å². The smallest absolute Gasteiger partial charge is 0.241 e. The third kappa shape index (κ3) is 5.19. The molecule has 1 unspecified atom stereocenters. The first-order valence-corrected chi connectivity index (χ1v) is 9.87. The van der Waals surface area contributed by atoms with Crippen molar-refractivity contribution in [3.05, 3.63) is 66.2 Å². The number of anilines is 1. The number of amides is 1. The van der Waals surface area contributed by atoms with Crippen molar-refractivity contribution in [3.8, 4) is 6.07 Å². The topological polar surface area (TPSA) is 67.6 Å². The van der Waals surface area contributed by atoms with E-state index in [0.717, 1.165) is 37.2 Å². The number of aliphatic hydroxyl groups is 1. The van der Waals surface area contributed by atoms with E-state index >= 15 is 0 Å². The summed E-state index contributed by atoms with van der Waals surface area (Å²) in [7, 11) is 0. The van der Waals surface area contributed by atoms with Gasteiger partial charge < -0.3 is 10.0 Å². The standard InChI is InChI=1S/C23H27N3O2/c24-14-7-15-26(21-10-5-2-6-11-21)22(27)18-25-16-12-20(13-17-25)23(28)19-8-3-1-4-9-19/h1-6,8-11,20,23,28H,7,12-13,15-18H2. The Kier molecular flexibility index (Phi) is 7.18. The van der Waals surface area contributed by atoms with Crippen LogP contribution in [-0.4, -0.2) is 42.1 Å². The summed E-state index contributed by atoms with van der Waals surface area (Å²) >= 11 is 0. The molecule has 2 aromatic carbocycles. The molecule has 2 aromatic rings. The number of para-hydroxylation sites is 1. The molecule has 1 heterocycles. The summed E-state index contributed by atoms with van der Waals surface area (Å²) in [6, 6.07) is 21.4. The van der Waals surface area contributed by atoms with Crippen LogP contribution in [0.2, 0.25) is 0 Å². The zero-order valence-corrected chi connectivity index (χ0v) is 16.1. The number of aliphatic hydroxyl groups excluding tert-OH is 1. The molecule has 28 heavy (non-hydrogen) atoms. The van der Waals surface area contributed by atoms with Crippen molar-refractivity contribution in [2.75, 3.05) is 31.1 Å². The fourth-order valence-corrected chi connectivity index (χ4v) is 3.79. The Labute approximate surface area is 166 Å². The molecule has 1 aliphatic rings. The summed E-state index contributed by atoms with van der Waals surface area (Å²) in [5.74, 6) is 0.237. The molecule has 0 aromatic heterocycles. The number of carbonyl (C=O) groups is 1. The molecule has 1 fully saturated rings. The van der Waals surface area contributed by atoms with E-state index in [-0.39, 0.29) is 11.8 Å². The van der Waals surface area contributed by atoms with Crippen LogP contribution < -0.4 is 4.90 Å². The number of piperidine rings is 1. The van der Waals surface area contributed by atoms with Crippen LogP contribution >= 0.6 is 0 Å². The first-order chi connectivity index (χ1) is 13.7. The minimum atomic E-state index is -0.449. The Balaban J connectivity index is 1.55. The van der Waals surface area contributed by atoms with Gasteiger partial charge in [-0.1, -0.05) is 48.5 Å². The second-order valence-corrected chi connectivity index (χ2v) is 7.26. The van der Waals surface area contributed by atoms with Gasteiger partial charge in [-0.15, -0.1) is 0 Å². The van der Waals surface area contributed by atoms with Crippen molar-refractivity contribution in [1.82, 2.24) is 4.90 Å². The highest BCUT2D eigenvalue weighted by Crippen LogP contribution is 2.30. The lowest BCUT2D eigenvalue weighted by atomic mass is 9.87. The Bertz CT molecular complexity index is 780. The molecule has 5 heteroatoms. The first kappa shape index (κ1) is 20.1. The number of carbonyl (C=O) groups excluding carboxylic acids is 1. The summed E-state index contributed by atoms with van der Waals surface area (Å²) in [6.07, 6.45) is 1.60. The maximum Gasteiger partial charge on any atom is 0.241 e. The van der Waals surface area contributed by atoms with Gasteiger partial charge in [-0.25, -0.2) is 0 Å². The van der Waals surface area contributed by atoms with Crippen LogP contribution in [-0.2, 0) is 4.79 Å². The van der Waals surface area contributed by atoms with E-state index in [0.29, 0.717) is 19.5 Å². The molecule has 146 valence electrons.